The third-order valence-electron chi connectivity index (χ3n) is 2.47. The highest BCUT2D eigenvalue weighted by Crippen LogP contribution is 2.37. The first kappa shape index (κ1) is 13.4. The summed E-state index contributed by atoms with van der Waals surface area (Å²) < 4.78 is 0. The van der Waals surface area contributed by atoms with Gasteiger partial charge in [0.25, 0.3) is 0 Å². The van der Waals surface area contributed by atoms with E-state index in [9.17, 15) is 0 Å². The number of rotatable bonds is 2. The van der Waals surface area contributed by atoms with E-state index in [2.05, 4.69) is 4.98 Å². The Morgan fingerprint density at radius 3 is 2.28 bits per heavy atom. The summed E-state index contributed by atoms with van der Waals surface area (Å²) in [5, 5.41) is 10.5. The molecule has 0 saturated carbocycles. The Hall–Kier alpha value is -1.00. The molecule has 0 aliphatic heterocycles. The molecule has 3 nitrogen and oxygen atoms in total. The van der Waals surface area contributed by atoms with Gasteiger partial charge < -0.3 is 10.8 Å². The van der Waals surface area contributed by atoms with Gasteiger partial charge in [-0.2, -0.15) is 0 Å². The second kappa shape index (κ2) is 5.33. The van der Waals surface area contributed by atoms with Crippen LogP contribution in [0.4, 0.5) is 5.82 Å². The van der Waals surface area contributed by atoms with Crippen molar-refractivity contribution < 1.29 is 5.11 Å². The van der Waals surface area contributed by atoms with Gasteiger partial charge in [0.2, 0.25) is 0 Å². The number of nitrogens with two attached hydrogens (primary N) is 1. The van der Waals surface area contributed by atoms with Gasteiger partial charge in [-0.15, -0.1) is 0 Å². The van der Waals surface area contributed by atoms with Gasteiger partial charge >= 0.3 is 0 Å². The molecular weight excluding hydrogens is 295 g/mol. The fraction of sp³-hybridized carbons (Fsp3) is 0.0833. The molecule has 1 aromatic heterocycles. The number of anilines is 1. The summed E-state index contributed by atoms with van der Waals surface area (Å²) in [6.07, 6.45) is 1.55. The summed E-state index contributed by atoms with van der Waals surface area (Å²) in [6, 6.07) is 4.89. The third kappa shape index (κ3) is 2.54. The van der Waals surface area contributed by atoms with Crippen molar-refractivity contribution in [2.24, 2.45) is 0 Å². The lowest BCUT2D eigenvalue weighted by Crippen LogP contribution is -1.98. The van der Waals surface area contributed by atoms with Gasteiger partial charge in [0.05, 0.1) is 16.7 Å². The zero-order chi connectivity index (χ0) is 13.3. The van der Waals surface area contributed by atoms with Crippen LogP contribution >= 0.6 is 34.8 Å². The molecule has 0 aliphatic carbocycles. The molecule has 1 heterocycles. The van der Waals surface area contributed by atoms with E-state index in [1.165, 1.54) is 0 Å². The molecule has 6 heteroatoms. The predicted octanol–water partition coefficient (Wildman–Crippen LogP) is 3.78. The number of aliphatic hydroxyl groups is 1. The molecular formula is C12H9Cl3N2O. The molecule has 0 amide bonds. The van der Waals surface area contributed by atoms with Crippen molar-refractivity contribution in [1.29, 1.82) is 0 Å². The minimum absolute atomic E-state index is 0.199. The van der Waals surface area contributed by atoms with Gasteiger partial charge in [-0.3, -0.25) is 0 Å². The number of benzene rings is 1. The van der Waals surface area contributed by atoms with Crippen LogP contribution in [-0.2, 0) is 6.61 Å². The van der Waals surface area contributed by atoms with Gasteiger partial charge in [0.15, 0.2) is 0 Å². The smallest absolute Gasteiger partial charge is 0.128 e. The van der Waals surface area contributed by atoms with Crippen LogP contribution in [0.2, 0.25) is 15.1 Å². The third-order valence-corrected chi connectivity index (χ3v) is 3.28. The fourth-order valence-corrected chi connectivity index (χ4v) is 2.64. The number of nitrogens with zero attached hydrogens (tertiary/aromatic N) is 1. The topological polar surface area (TPSA) is 59.1 Å². The van der Waals surface area contributed by atoms with Crippen LogP contribution in [0.25, 0.3) is 11.1 Å². The molecule has 0 unspecified atom stereocenters. The SMILES string of the molecule is Nc1ncc(-c2c(Cl)cc(Cl)cc2Cl)cc1CO. The van der Waals surface area contributed by atoms with E-state index in [-0.39, 0.29) is 12.4 Å². The molecule has 0 radical (unpaired) electrons. The molecule has 18 heavy (non-hydrogen) atoms. The first-order valence-corrected chi connectivity index (χ1v) is 6.16. The summed E-state index contributed by atoms with van der Waals surface area (Å²) in [5.41, 5.74) is 7.44. The quantitative estimate of drug-likeness (QED) is 0.887. The molecule has 0 fully saturated rings. The summed E-state index contributed by atoms with van der Waals surface area (Å²) in [4.78, 5) is 4.00. The second-order valence-corrected chi connectivity index (χ2v) is 4.92. The van der Waals surface area contributed by atoms with Crippen molar-refractivity contribution in [1.82, 2.24) is 4.98 Å². The highest BCUT2D eigenvalue weighted by molar-refractivity contribution is 6.41. The van der Waals surface area contributed by atoms with Gasteiger partial charge in [0.1, 0.15) is 5.82 Å². The van der Waals surface area contributed by atoms with Crippen LogP contribution in [0.3, 0.4) is 0 Å². The Kier molecular flexibility index (Phi) is 3.97. The largest absolute Gasteiger partial charge is 0.392 e. The van der Waals surface area contributed by atoms with Gasteiger partial charge in [-0.25, -0.2) is 4.98 Å². The van der Waals surface area contributed by atoms with E-state index in [1.54, 1.807) is 24.4 Å². The molecule has 3 N–H and O–H groups in total. The van der Waals surface area contributed by atoms with E-state index in [4.69, 9.17) is 45.6 Å². The molecule has 94 valence electrons. The molecule has 0 aliphatic rings. The number of aliphatic hydroxyl groups excluding tert-OH is 1. The molecule has 0 saturated heterocycles. The Morgan fingerprint density at radius 1 is 1.11 bits per heavy atom. The number of hydrogen-bond acceptors (Lipinski definition) is 3. The Balaban J connectivity index is 2.62. The maximum atomic E-state index is 9.17. The minimum Gasteiger partial charge on any atom is -0.392 e. The molecule has 0 spiro atoms. The summed E-state index contributed by atoms with van der Waals surface area (Å²) in [6.45, 7) is -0.199. The van der Waals surface area contributed by atoms with E-state index in [1.807, 2.05) is 0 Å². The van der Waals surface area contributed by atoms with Gasteiger partial charge in [-0.1, -0.05) is 34.8 Å². The summed E-state index contributed by atoms with van der Waals surface area (Å²) >= 11 is 18.1. The number of pyridine rings is 1. The van der Waals surface area contributed by atoms with E-state index >= 15 is 0 Å². The van der Waals surface area contributed by atoms with Crippen LogP contribution in [0.1, 0.15) is 5.56 Å². The van der Waals surface area contributed by atoms with Gasteiger partial charge in [-0.05, 0) is 18.2 Å². The van der Waals surface area contributed by atoms with Crippen LogP contribution in [0.5, 0.6) is 0 Å². The van der Waals surface area contributed by atoms with Crippen molar-refractivity contribution in [3.63, 3.8) is 0 Å². The average molecular weight is 304 g/mol. The zero-order valence-corrected chi connectivity index (χ0v) is 11.4. The molecule has 2 rings (SSSR count). The Labute approximate surface area is 119 Å². The van der Waals surface area contributed by atoms with E-state index in [0.717, 1.165) is 0 Å². The lowest BCUT2D eigenvalue weighted by molar-refractivity contribution is 0.282. The lowest BCUT2D eigenvalue weighted by Gasteiger charge is -2.10. The van der Waals surface area contributed by atoms with Crippen molar-refractivity contribution in [2.45, 2.75) is 6.61 Å². The normalized spacial score (nSPS) is 10.7. The Bertz CT molecular complexity index is 579. The van der Waals surface area contributed by atoms with Crippen LogP contribution < -0.4 is 5.73 Å². The number of nitrogen functional groups attached to an aromatic ring is 1. The summed E-state index contributed by atoms with van der Waals surface area (Å²) in [5.74, 6) is 0.280. The van der Waals surface area contributed by atoms with E-state index in [0.29, 0.717) is 31.8 Å². The maximum Gasteiger partial charge on any atom is 0.128 e. The van der Waals surface area contributed by atoms with Crippen LogP contribution in [0, 0.1) is 0 Å². The Morgan fingerprint density at radius 2 is 1.72 bits per heavy atom. The molecule has 2 aromatic rings. The van der Waals surface area contributed by atoms with Gasteiger partial charge in [0, 0.05) is 27.9 Å². The van der Waals surface area contributed by atoms with E-state index < -0.39 is 0 Å². The van der Waals surface area contributed by atoms with Crippen LogP contribution in [0.15, 0.2) is 24.4 Å². The molecule has 0 atom stereocenters. The monoisotopic (exact) mass is 302 g/mol. The first-order valence-electron chi connectivity index (χ1n) is 5.03. The highest BCUT2D eigenvalue weighted by atomic mass is 35.5. The predicted molar refractivity (Wildman–Crippen MR) is 75.0 cm³/mol. The summed E-state index contributed by atoms with van der Waals surface area (Å²) in [7, 11) is 0. The number of hydrogen-bond donors (Lipinski definition) is 2. The zero-order valence-electron chi connectivity index (χ0n) is 9.12. The van der Waals surface area contributed by atoms with Crippen LogP contribution in [-0.4, -0.2) is 10.1 Å². The average Bonchev–Trinajstić information content (AvgIpc) is 2.30. The standard InChI is InChI=1S/C12H9Cl3N2O/c13-8-2-9(14)11(10(15)3-8)6-1-7(5-18)12(16)17-4-6/h1-4,18H,5H2,(H2,16,17). The second-order valence-electron chi connectivity index (χ2n) is 3.67. The fourth-order valence-electron chi connectivity index (χ4n) is 1.60. The molecule has 1 aromatic carbocycles. The number of aromatic nitrogens is 1. The van der Waals surface area contributed by atoms with Crippen molar-refractivity contribution >= 4 is 40.6 Å². The highest BCUT2D eigenvalue weighted by Gasteiger charge is 2.12. The minimum atomic E-state index is -0.199. The maximum absolute atomic E-state index is 9.17. The van der Waals surface area contributed by atoms with Crippen molar-refractivity contribution in [2.75, 3.05) is 5.73 Å². The first-order chi connectivity index (χ1) is 8.52. The lowest BCUT2D eigenvalue weighted by atomic mass is 10.1. The van der Waals surface area contributed by atoms with Crippen molar-refractivity contribution in [3.8, 4) is 11.1 Å². The van der Waals surface area contributed by atoms with Crippen molar-refractivity contribution in [3.05, 3.63) is 45.0 Å². The number of halogens is 3. The molecule has 0 bridgehead atoms.